The van der Waals surface area contributed by atoms with E-state index >= 15 is 0 Å². The Morgan fingerprint density at radius 2 is 2.18 bits per heavy atom. The molecule has 2 heteroatoms. The lowest BCUT2D eigenvalue weighted by Gasteiger charge is -2.39. The van der Waals surface area contributed by atoms with Gasteiger partial charge in [0.05, 0.1) is 11.7 Å². The Morgan fingerprint density at radius 3 is 2.82 bits per heavy atom. The van der Waals surface area contributed by atoms with Crippen LogP contribution in [0.2, 0.25) is 0 Å². The zero-order chi connectivity index (χ0) is 12.3. The van der Waals surface area contributed by atoms with Crippen molar-refractivity contribution in [1.82, 2.24) is 0 Å². The predicted molar refractivity (Wildman–Crippen MR) is 66.0 cm³/mol. The van der Waals surface area contributed by atoms with Crippen LogP contribution in [-0.2, 0) is 9.53 Å². The summed E-state index contributed by atoms with van der Waals surface area (Å²) in [4.78, 5) is 12.1. The number of allylic oxidation sites excluding steroid dienone is 2. The summed E-state index contributed by atoms with van der Waals surface area (Å²) in [5.74, 6) is 1.12. The minimum atomic E-state index is -0.372. The van der Waals surface area contributed by atoms with Crippen LogP contribution in [0.1, 0.15) is 40.0 Å². The Labute approximate surface area is 103 Å². The number of esters is 1. The highest BCUT2D eigenvalue weighted by atomic mass is 16.5. The molecule has 1 spiro atoms. The third-order valence-corrected chi connectivity index (χ3v) is 5.39. The molecule has 0 unspecified atom stereocenters. The highest BCUT2D eigenvalue weighted by Gasteiger charge is 2.63. The van der Waals surface area contributed by atoms with E-state index in [-0.39, 0.29) is 16.8 Å². The van der Waals surface area contributed by atoms with E-state index in [1.807, 2.05) is 6.08 Å². The lowest BCUT2D eigenvalue weighted by atomic mass is 9.63. The molecule has 17 heavy (non-hydrogen) atoms. The van der Waals surface area contributed by atoms with Crippen molar-refractivity contribution in [2.24, 2.45) is 22.7 Å². The van der Waals surface area contributed by atoms with Crippen LogP contribution in [-0.4, -0.2) is 5.97 Å². The summed E-state index contributed by atoms with van der Waals surface area (Å²) in [7, 11) is 0. The molecule has 3 rings (SSSR count). The fraction of sp³-hybridized carbons (Fsp3) is 0.667. The Bertz CT molecular complexity index is 430. The topological polar surface area (TPSA) is 26.3 Å². The van der Waals surface area contributed by atoms with Crippen LogP contribution < -0.4 is 0 Å². The molecule has 3 aliphatic rings. The second kappa shape index (κ2) is 3.24. The van der Waals surface area contributed by atoms with Gasteiger partial charge in [0.25, 0.3) is 0 Å². The maximum Gasteiger partial charge on any atom is 0.321 e. The number of cyclic esters (lactones) is 1. The number of fused-ring (bicyclic) bond motifs is 1. The van der Waals surface area contributed by atoms with Crippen LogP contribution in [0, 0.1) is 22.7 Å². The molecule has 2 nitrogen and oxygen atoms in total. The zero-order valence-corrected chi connectivity index (χ0v) is 10.8. The summed E-state index contributed by atoms with van der Waals surface area (Å²) in [6.45, 7) is 6.68. The van der Waals surface area contributed by atoms with E-state index in [4.69, 9.17) is 4.74 Å². The maximum absolute atomic E-state index is 12.1. The second-order valence-corrected chi connectivity index (χ2v) is 6.43. The summed E-state index contributed by atoms with van der Waals surface area (Å²) in [6, 6.07) is 0. The molecule has 92 valence electrons. The number of hydrogen-bond acceptors (Lipinski definition) is 2. The SMILES string of the molecule is CC1=C[C@@H]2C[C@]3(C=COC3=O)C(C)(C)[C@@H]2CC1. The van der Waals surface area contributed by atoms with E-state index in [0.29, 0.717) is 11.8 Å². The third-order valence-electron chi connectivity index (χ3n) is 5.39. The molecular weight excluding hydrogens is 212 g/mol. The van der Waals surface area contributed by atoms with Crippen molar-refractivity contribution >= 4 is 5.97 Å². The van der Waals surface area contributed by atoms with Crippen LogP contribution in [0.4, 0.5) is 0 Å². The standard InChI is InChI=1S/C15H20O2/c1-10-4-5-12-11(8-10)9-15(14(12,2)3)6-7-17-13(15)16/h6-8,11-12H,4-5,9H2,1-3H3/t11-,12-,15+/m1/s1. The van der Waals surface area contributed by atoms with Gasteiger partial charge < -0.3 is 4.74 Å². The fourth-order valence-corrected chi connectivity index (χ4v) is 4.24. The fourth-order valence-electron chi connectivity index (χ4n) is 4.24. The quantitative estimate of drug-likeness (QED) is 0.472. The summed E-state index contributed by atoms with van der Waals surface area (Å²) < 4.78 is 5.12. The van der Waals surface area contributed by atoms with Gasteiger partial charge in [0.15, 0.2) is 0 Å². The Morgan fingerprint density at radius 1 is 1.41 bits per heavy atom. The molecule has 0 aromatic rings. The van der Waals surface area contributed by atoms with Gasteiger partial charge in [-0.15, -0.1) is 0 Å². The number of hydrogen-bond donors (Lipinski definition) is 0. The minimum absolute atomic E-state index is 0.0128. The van der Waals surface area contributed by atoms with Crippen molar-refractivity contribution in [2.75, 3.05) is 0 Å². The largest absolute Gasteiger partial charge is 0.434 e. The molecule has 1 aliphatic heterocycles. The van der Waals surface area contributed by atoms with E-state index in [1.165, 1.54) is 18.4 Å². The second-order valence-electron chi connectivity index (χ2n) is 6.43. The summed E-state index contributed by atoms with van der Waals surface area (Å²) >= 11 is 0. The average Bonchev–Trinajstić information content (AvgIpc) is 2.70. The summed E-state index contributed by atoms with van der Waals surface area (Å²) in [5.41, 5.74) is 1.12. The molecule has 2 aliphatic carbocycles. The van der Waals surface area contributed by atoms with Crippen LogP contribution in [0.25, 0.3) is 0 Å². The van der Waals surface area contributed by atoms with Gasteiger partial charge in [-0.25, -0.2) is 0 Å². The lowest BCUT2D eigenvalue weighted by molar-refractivity contribution is -0.149. The molecule has 1 heterocycles. The number of carbonyl (C=O) groups excluding carboxylic acids is 1. The number of ether oxygens (including phenoxy) is 1. The zero-order valence-electron chi connectivity index (χ0n) is 10.8. The summed E-state index contributed by atoms with van der Waals surface area (Å²) in [6.07, 6.45) is 9.32. The van der Waals surface area contributed by atoms with Gasteiger partial charge in [0, 0.05) is 0 Å². The molecule has 0 bridgehead atoms. The number of rotatable bonds is 0. The van der Waals surface area contributed by atoms with E-state index in [0.717, 1.165) is 6.42 Å². The van der Waals surface area contributed by atoms with Crippen LogP contribution in [0.5, 0.6) is 0 Å². The normalized spacial score (nSPS) is 42.5. The first kappa shape index (κ1) is 11.1. The van der Waals surface area contributed by atoms with Gasteiger partial charge in [0.2, 0.25) is 0 Å². The van der Waals surface area contributed by atoms with Gasteiger partial charge in [0.1, 0.15) is 0 Å². The van der Waals surface area contributed by atoms with E-state index < -0.39 is 0 Å². The van der Waals surface area contributed by atoms with Crippen molar-refractivity contribution in [3.8, 4) is 0 Å². The Kier molecular flexibility index (Phi) is 2.11. The molecule has 0 aromatic heterocycles. The Balaban J connectivity index is 2.05. The van der Waals surface area contributed by atoms with Crippen molar-refractivity contribution in [2.45, 2.75) is 40.0 Å². The smallest absolute Gasteiger partial charge is 0.321 e. The highest BCUT2D eigenvalue weighted by Crippen LogP contribution is 2.64. The van der Waals surface area contributed by atoms with Gasteiger partial charge >= 0.3 is 5.97 Å². The summed E-state index contributed by atoms with van der Waals surface area (Å²) in [5, 5.41) is 0. The van der Waals surface area contributed by atoms with Gasteiger partial charge in [-0.2, -0.15) is 0 Å². The maximum atomic E-state index is 12.1. The molecule has 0 saturated heterocycles. The molecule has 0 N–H and O–H groups in total. The van der Waals surface area contributed by atoms with Crippen molar-refractivity contribution < 1.29 is 9.53 Å². The van der Waals surface area contributed by atoms with Crippen molar-refractivity contribution in [3.05, 3.63) is 24.0 Å². The minimum Gasteiger partial charge on any atom is -0.434 e. The van der Waals surface area contributed by atoms with Gasteiger partial charge in [-0.1, -0.05) is 25.5 Å². The van der Waals surface area contributed by atoms with E-state index in [9.17, 15) is 4.79 Å². The molecule has 1 fully saturated rings. The first-order valence-electron chi connectivity index (χ1n) is 6.53. The van der Waals surface area contributed by atoms with Crippen molar-refractivity contribution in [1.29, 1.82) is 0 Å². The van der Waals surface area contributed by atoms with Crippen molar-refractivity contribution in [3.63, 3.8) is 0 Å². The monoisotopic (exact) mass is 232 g/mol. The molecule has 3 atom stereocenters. The van der Waals surface area contributed by atoms with E-state index in [2.05, 4.69) is 26.8 Å². The first-order chi connectivity index (χ1) is 7.97. The lowest BCUT2D eigenvalue weighted by Crippen LogP contribution is -2.40. The van der Waals surface area contributed by atoms with Crippen LogP contribution in [0.15, 0.2) is 24.0 Å². The van der Waals surface area contributed by atoms with E-state index in [1.54, 1.807) is 6.26 Å². The van der Waals surface area contributed by atoms with Gasteiger partial charge in [-0.05, 0) is 49.5 Å². The average molecular weight is 232 g/mol. The molecule has 0 aromatic carbocycles. The van der Waals surface area contributed by atoms with Gasteiger partial charge in [-0.3, -0.25) is 4.79 Å². The molecular formula is C15H20O2. The van der Waals surface area contributed by atoms with Crippen LogP contribution in [0.3, 0.4) is 0 Å². The Hall–Kier alpha value is -1.05. The molecule has 0 radical (unpaired) electrons. The molecule has 0 amide bonds. The first-order valence-corrected chi connectivity index (χ1v) is 6.53. The predicted octanol–water partition coefficient (Wildman–Crippen LogP) is 3.45. The highest BCUT2D eigenvalue weighted by molar-refractivity contribution is 5.83. The third kappa shape index (κ3) is 1.24. The number of carbonyl (C=O) groups is 1. The molecule has 1 saturated carbocycles. The van der Waals surface area contributed by atoms with Crippen LogP contribution >= 0.6 is 0 Å².